The third kappa shape index (κ3) is 3.86. The minimum Gasteiger partial charge on any atom is -0.326 e. The van der Waals surface area contributed by atoms with Gasteiger partial charge in [0.15, 0.2) is 0 Å². The van der Waals surface area contributed by atoms with E-state index in [-0.39, 0.29) is 18.2 Å². The van der Waals surface area contributed by atoms with Crippen LogP contribution in [0.15, 0.2) is 60.9 Å². The Bertz CT molecular complexity index is 1390. The average molecular weight is 440 g/mol. The highest BCUT2D eigenvalue weighted by Gasteiger charge is 2.35. The number of anilines is 2. The Morgan fingerprint density at radius 1 is 1.06 bits per heavy atom. The molecule has 2 aromatic heterocycles. The van der Waals surface area contributed by atoms with Crippen molar-refractivity contribution >= 4 is 29.0 Å². The van der Waals surface area contributed by atoms with Crippen LogP contribution in [0.25, 0.3) is 17.0 Å². The summed E-state index contributed by atoms with van der Waals surface area (Å²) < 4.78 is 1.94. The molecule has 5 rings (SSSR count). The molecular weight excluding hydrogens is 414 g/mol. The van der Waals surface area contributed by atoms with Gasteiger partial charge in [0.05, 0.1) is 11.6 Å². The Morgan fingerprint density at radius 2 is 1.91 bits per heavy atom. The van der Waals surface area contributed by atoms with E-state index in [0.29, 0.717) is 18.0 Å². The van der Waals surface area contributed by atoms with Gasteiger partial charge in [0.1, 0.15) is 0 Å². The lowest BCUT2D eigenvalue weighted by Gasteiger charge is -2.18. The van der Waals surface area contributed by atoms with Crippen molar-refractivity contribution in [2.45, 2.75) is 27.2 Å². The van der Waals surface area contributed by atoms with Crippen molar-refractivity contribution in [3.8, 4) is 11.3 Å². The van der Waals surface area contributed by atoms with E-state index in [1.54, 1.807) is 11.1 Å². The third-order valence-electron chi connectivity index (χ3n) is 6.34. The standard InChI is InChI=1S/C26H25N5O2/c1-16-8-9-22(12-17(16)2)31-15-20(14-23(31)32)25(33)28-21-7-4-6-19(13-21)24-18(3)30-11-5-10-27-26(30)29-24/h4-13,20H,14-15H2,1-3H3,(H,28,33)/t20-/m0/s1. The van der Waals surface area contributed by atoms with Crippen LogP contribution in [0.2, 0.25) is 0 Å². The Morgan fingerprint density at radius 3 is 2.70 bits per heavy atom. The molecule has 0 radical (unpaired) electrons. The predicted molar refractivity (Wildman–Crippen MR) is 128 cm³/mol. The maximum atomic E-state index is 13.0. The summed E-state index contributed by atoms with van der Waals surface area (Å²) in [5.74, 6) is 0.0550. The summed E-state index contributed by atoms with van der Waals surface area (Å²) in [5.41, 5.74) is 6.53. The van der Waals surface area contributed by atoms with Crippen LogP contribution in [0.5, 0.6) is 0 Å². The first kappa shape index (κ1) is 20.9. The van der Waals surface area contributed by atoms with Crippen molar-refractivity contribution in [1.29, 1.82) is 0 Å². The summed E-state index contributed by atoms with van der Waals surface area (Å²) in [5, 5.41) is 2.99. The molecule has 0 unspecified atom stereocenters. The lowest BCUT2D eigenvalue weighted by molar-refractivity contribution is -0.122. The van der Waals surface area contributed by atoms with Crippen molar-refractivity contribution in [3.63, 3.8) is 0 Å². The number of hydrogen-bond donors (Lipinski definition) is 1. The highest BCUT2D eigenvalue weighted by Crippen LogP contribution is 2.29. The van der Waals surface area contributed by atoms with Gasteiger partial charge < -0.3 is 10.2 Å². The first-order chi connectivity index (χ1) is 15.9. The molecule has 0 bridgehead atoms. The number of fused-ring (bicyclic) bond motifs is 1. The number of imidazole rings is 1. The van der Waals surface area contributed by atoms with Gasteiger partial charge in [-0.05, 0) is 62.2 Å². The van der Waals surface area contributed by atoms with E-state index in [2.05, 4.69) is 15.3 Å². The molecule has 0 saturated carbocycles. The molecule has 1 saturated heterocycles. The zero-order valence-corrected chi connectivity index (χ0v) is 18.9. The van der Waals surface area contributed by atoms with E-state index < -0.39 is 5.92 Å². The minimum atomic E-state index is -0.399. The van der Waals surface area contributed by atoms with Gasteiger partial charge in [-0.25, -0.2) is 9.97 Å². The van der Waals surface area contributed by atoms with Gasteiger partial charge in [0.2, 0.25) is 17.6 Å². The zero-order chi connectivity index (χ0) is 23.1. The van der Waals surface area contributed by atoms with Crippen LogP contribution in [0.1, 0.15) is 23.2 Å². The van der Waals surface area contributed by atoms with Crippen LogP contribution in [0.4, 0.5) is 11.4 Å². The van der Waals surface area contributed by atoms with E-state index in [9.17, 15) is 9.59 Å². The van der Waals surface area contributed by atoms with Gasteiger partial charge in [-0.3, -0.25) is 14.0 Å². The molecule has 2 amide bonds. The molecule has 4 aromatic rings. The molecule has 2 aromatic carbocycles. The Balaban J connectivity index is 1.33. The van der Waals surface area contributed by atoms with Crippen LogP contribution in [-0.2, 0) is 9.59 Å². The Kier molecular flexibility index (Phi) is 5.17. The number of rotatable bonds is 4. The number of nitrogens with one attached hydrogen (secondary N) is 1. The van der Waals surface area contributed by atoms with Gasteiger partial charge in [0.25, 0.3) is 0 Å². The van der Waals surface area contributed by atoms with Gasteiger partial charge >= 0.3 is 0 Å². The van der Waals surface area contributed by atoms with Crippen molar-refractivity contribution in [1.82, 2.24) is 14.4 Å². The molecule has 1 fully saturated rings. The highest BCUT2D eigenvalue weighted by molar-refractivity contribution is 6.03. The van der Waals surface area contributed by atoms with E-state index in [1.807, 2.05) is 79.9 Å². The maximum Gasteiger partial charge on any atom is 0.234 e. The number of carbonyl (C=O) groups is 2. The molecule has 0 spiro atoms. The van der Waals surface area contributed by atoms with Gasteiger partial charge in [-0.15, -0.1) is 0 Å². The number of hydrogen-bond acceptors (Lipinski definition) is 4. The van der Waals surface area contributed by atoms with Crippen LogP contribution >= 0.6 is 0 Å². The largest absolute Gasteiger partial charge is 0.326 e. The lowest BCUT2D eigenvalue weighted by atomic mass is 10.1. The lowest BCUT2D eigenvalue weighted by Crippen LogP contribution is -2.28. The number of amides is 2. The fourth-order valence-corrected chi connectivity index (χ4v) is 4.29. The second-order valence-electron chi connectivity index (χ2n) is 8.58. The number of aryl methyl sites for hydroxylation is 3. The molecule has 0 aliphatic carbocycles. The fourth-order valence-electron chi connectivity index (χ4n) is 4.29. The second-order valence-corrected chi connectivity index (χ2v) is 8.58. The quantitative estimate of drug-likeness (QED) is 0.514. The number of aromatic nitrogens is 3. The van der Waals surface area contributed by atoms with E-state index in [4.69, 9.17) is 0 Å². The SMILES string of the molecule is Cc1ccc(N2C[C@@H](C(=O)Nc3cccc(-c4nc5ncccn5c4C)c3)CC2=O)cc1C. The number of benzene rings is 2. The summed E-state index contributed by atoms with van der Waals surface area (Å²) in [6.45, 7) is 6.44. The molecule has 1 atom stereocenters. The molecule has 166 valence electrons. The van der Waals surface area contributed by atoms with Crippen LogP contribution in [-0.4, -0.2) is 32.7 Å². The van der Waals surface area contributed by atoms with Crippen molar-refractivity contribution in [2.75, 3.05) is 16.8 Å². The Hall–Kier alpha value is -4.00. The maximum absolute atomic E-state index is 13.0. The summed E-state index contributed by atoms with van der Waals surface area (Å²) in [6, 6.07) is 15.4. The van der Waals surface area contributed by atoms with Gasteiger partial charge in [0, 0.05) is 48.0 Å². The summed E-state index contributed by atoms with van der Waals surface area (Å²) in [6.07, 6.45) is 3.85. The highest BCUT2D eigenvalue weighted by atomic mass is 16.2. The normalized spacial score (nSPS) is 15.9. The number of nitrogens with zero attached hydrogens (tertiary/aromatic N) is 4. The zero-order valence-electron chi connectivity index (χ0n) is 18.9. The van der Waals surface area contributed by atoms with Crippen molar-refractivity contribution < 1.29 is 9.59 Å². The summed E-state index contributed by atoms with van der Waals surface area (Å²) >= 11 is 0. The molecule has 1 aliphatic rings. The monoisotopic (exact) mass is 439 g/mol. The van der Waals surface area contributed by atoms with E-state index in [0.717, 1.165) is 28.2 Å². The molecule has 7 nitrogen and oxygen atoms in total. The third-order valence-corrected chi connectivity index (χ3v) is 6.34. The molecule has 1 N–H and O–H groups in total. The van der Waals surface area contributed by atoms with E-state index in [1.165, 1.54) is 5.56 Å². The molecular formula is C26H25N5O2. The number of carbonyl (C=O) groups excluding carboxylic acids is 2. The molecule has 33 heavy (non-hydrogen) atoms. The van der Waals surface area contributed by atoms with Gasteiger partial charge in [-0.2, -0.15) is 0 Å². The topological polar surface area (TPSA) is 79.6 Å². The van der Waals surface area contributed by atoms with Crippen LogP contribution < -0.4 is 10.2 Å². The summed E-state index contributed by atoms with van der Waals surface area (Å²) in [4.78, 5) is 36.3. The Labute approximate surface area is 192 Å². The van der Waals surface area contributed by atoms with E-state index >= 15 is 0 Å². The van der Waals surface area contributed by atoms with Crippen LogP contribution in [0.3, 0.4) is 0 Å². The molecule has 1 aliphatic heterocycles. The van der Waals surface area contributed by atoms with Gasteiger partial charge in [-0.1, -0.05) is 18.2 Å². The summed E-state index contributed by atoms with van der Waals surface area (Å²) in [7, 11) is 0. The minimum absolute atomic E-state index is 0.0278. The average Bonchev–Trinajstić information content (AvgIpc) is 3.36. The first-order valence-electron chi connectivity index (χ1n) is 11.0. The first-order valence-corrected chi connectivity index (χ1v) is 11.0. The van der Waals surface area contributed by atoms with Crippen molar-refractivity contribution in [2.24, 2.45) is 5.92 Å². The molecule has 3 heterocycles. The predicted octanol–water partition coefficient (Wildman–Crippen LogP) is 4.31. The smallest absolute Gasteiger partial charge is 0.234 e. The second kappa shape index (κ2) is 8.16. The molecule has 7 heteroatoms. The fraction of sp³-hybridized carbons (Fsp3) is 0.231. The van der Waals surface area contributed by atoms with Crippen molar-refractivity contribution in [3.05, 3.63) is 77.7 Å². The van der Waals surface area contributed by atoms with Crippen LogP contribution in [0, 0.1) is 26.7 Å².